The molecule has 0 saturated carbocycles. The maximum Gasteiger partial charge on any atom is 0.264 e. The number of amidine groups is 1. The molecule has 1 aliphatic rings. The molecular formula is C24H18BrIN2O2S. The second-order valence-corrected chi connectivity index (χ2v) is 10.1. The van der Waals surface area contributed by atoms with Gasteiger partial charge in [-0.3, -0.25) is 4.79 Å². The first-order valence-electron chi connectivity index (χ1n) is 9.49. The molecule has 0 aliphatic carbocycles. The Labute approximate surface area is 207 Å². The summed E-state index contributed by atoms with van der Waals surface area (Å²) >= 11 is 7.08. The minimum absolute atomic E-state index is 0.141. The molecule has 3 aromatic rings. The van der Waals surface area contributed by atoms with Crippen LogP contribution in [0.15, 0.2) is 81.1 Å². The van der Waals surface area contributed by atoms with Gasteiger partial charge in [-0.15, -0.1) is 0 Å². The highest BCUT2D eigenvalue weighted by molar-refractivity contribution is 14.1. The number of carbonyl (C=O) groups is 1. The lowest BCUT2D eigenvalue weighted by Gasteiger charge is -2.07. The number of thioether (sulfide) groups is 1. The average molecular weight is 605 g/mol. The number of nitrogens with one attached hydrogen (secondary N) is 1. The molecule has 0 aromatic heterocycles. The van der Waals surface area contributed by atoms with Crippen LogP contribution in [0.3, 0.4) is 0 Å². The second-order valence-electron chi connectivity index (χ2n) is 6.90. The summed E-state index contributed by atoms with van der Waals surface area (Å²) in [6.07, 6.45) is 1.86. The zero-order valence-corrected chi connectivity index (χ0v) is 21.1. The maximum absolute atomic E-state index is 12.4. The van der Waals surface area contributed by atoms with Crippen molar-refractivity contribution in [2.45, 2.75) is 13.5 Å². The van der Waals surface area contributed by atoms with Crippen LogP contribution in [0, 0.1) is 10.5 Å². The predicted octanol–water partition coefficient (Wildman–Crippen LogP) is 6.83. The smallest absolute Gasteiger partial charge is 0.264 e. The van der Waals surface area contributed by atoms with Gasteiger partial charge in [-0.05, 0) is 107 Å². The van der Waals surface area contributed by atoms with Crippen LogP contribution in [0.1, 0.15) is 16.7 Å². The van der Waals surface area contributed by atoms with Gasteiger partial charge >= 0.3 is 0 Å². The molecule has 31 heavy (non-hydrogen) atoms. The van der Waals surface area contributed by atoms with Crippen molar-refractivity contribution in [1.29, 1.82) is 0 Å². The van der Waals surface area contributed by atoms with Gasteiger partial charge in [0.05, 0.1) is 10.6 Å². The SMILES string of the molecule is Cc1cc(Br)ccc1N=C1NC(=O)/C(=C/c2ccc(OCc3ccc(I)cc3)cc2)S1. The summed E-state index contributed by atoms with van der Waals surface area (Å²) in [5.41, 5.74) is 3.93. The first kappa shape index (κ1) is 22.1. The van der Waals surface area contributed by atoms with E-state index < -0.39 is 0 Å². The summed E-state index contributed by atoms with van der Waals surface area (Å²) < 4.78 is 8.06. The molecule has 4 nitrogen and oxygen atoms in total. The van der Waals surface area contributed by atoms with Crippen LogP contribution >= 0.6 is 50.3 Å². The minimum Gasteiger partial charge on any atom is -0.489 e. The predicted molar refractivity (Wildman–Crippen MR) is 140 cm³/mol. The summed E-state index contributed by atoms with van der Waals surface area (Å²) in [5.74, 6) is 0.648. The first-order chi connectivity index (χ1) is 15.0. The molecular weight excluding hydrogens is 587 g/mol. The normalized spacial score (nSPS) is 16.0. The van der Waals surface area contributed by atoms with Gasteiger partial charge in [0.1, 0.15) is 12.4 Å². The fraction of sp³-hybridized carbons (Fsp3) is 0.0833. The van der Waals surface area contributed by atoms with Gasteiger partial charge in [-0.2, -0.15) is 0 Å². The Balaban J connectivity index is 1.41. The van der Waals surface area contributed by atoms with Crippen LogP contribution in [0.5, 0.6) is 5.75 Å². The standard InChI is InChI=1S/C24H18BrIN2O2S/c1-15-12-18(25)6-11-21(15)27-24-28-23(29)22(31-24)13-16-4-9-20(10-5-16)30-14-17-2-7-19(26)8-3-17/h2-13H,14H2,1H3,(H,27,28,29)/b22-13-. The van der Waals surface area contributed by atoms with Crippen molar-refractivity contribution in [3.63, 3.8) is 0 Å². The van der Waals surface area contributed by atoms with E-state index in [1.165, 1.54) is 15.3 Å². The zero-order chi connectivity index (χ0) is 21.8. The highest BCUT2D eigenvalue weighted by atomic mass is 127. The number of nitrogens with zero attached hydrogens (tertiary/aromatic N) is 1. The van der Waals surface area contributed by atoms with Crippen LogP contribution in [0.4, 0.5) is 5.69 Å². The van der Waals surface area contributed by atoms with Crippen molar-refractivity contribution >= 4 is 73.1 Å². The molecule has 0 spiro atoms. The molecule has 0 unspecified atom stereocenters. The monoisotopic (exact) mass is 604 g/mol. The lowest BCUT2D eigenvalue weighted by Crippen LogP contribution is -2.19. The molecule has 0 bridgehead atoms. The number of hydrogen-bond acceptors (Lipinski definition) is 4. The molecule has 7 heteroatoms. The molecule has 1 amide bonds. The van der Waals surface area contributed by atoms with Crippen LogP contribution in [-0.2, 0) is 11.4 Å². The van der Waals surface area contributed by atoms with Gasteiger partial charge < -0.3 is 10.1 Å². The molecule has 0 atom stereocenters. The zero-order valence-electron chi connectivity index (χ0n) is 16.6. The molecule has 3 aromatic carbocycles. The lowest BCUT2D eigenvalue weighted by atomic mass is 10.2. The number of amides is 1. The van der Waals surface area contributed by atoms with Gasteiger partial charge in [0.25, 0.3) is 5.91 Å². The summed E-state index contributed by atoms with van der Waals surface area (Å²) in [7, 11) is 0. The van der Waals surface area contributed by atoms with Crippen LogP contribution in [-0.4, -0.2) is 11.1 Å². The number of halogens is 2. The summed E-state index contributed by atoms with van der Waals surface area (Å²) in [4.78, 5) is 17.5. The number of hydrogen-bond donors (Lipinski definition) is 1. The summed E-state index contributed by atoms with van der Waals surface area (Å²) in [5, 5.41) is 3.42. The van der Waals surface area contributed by atoms with E-state index in [4.69, 9.17) is 4.74 Å². The first-order valence-corrected chi connectivity index (χ1v) is 12.2. The Bertz CT molecular complexity index is 1180. The third-order valence-electron chi connectivity index (χ3n) is 4.53. The topological polar surface area (TPSA) is 50.7 Å². The number of benzene rings is 3. The van der Waals surface area contributed by atoms with E-state index in [1.54, 1.807) is 0 Å². The molecule has 156 valence electrons. The fourth-order valence-corrected chi connectivity index (χ4v) is 4.56. The maximum atomic E-state index is 12.4. The number of carbonyl (C=O) groups excluding carboxylic acids is 1. The molecule has 1 heterocycles. The molecule has 1 fully saturated rings. The molecule has 1 aliphatic heterocycles. The molecule has 1 saturated heterocycles. The van der Waals surface area contributed by atoms with Crippen molar-refractivity contribution in [1.82, 2.24) is 5.32 Å². The van der Waals surface area contributed by atoms with E-state index >= 15 is 0 Å². The van der Waals surface area contributed by atoms with Gasteiger partial charge in [0, 0.05) is 8.04 Å². The van der Waals surface area contributed by atoms with Gasteiger partial charge in [0.15, 0.2) is 5.17 Å². The largest absolute Gasteiger partial charge is 0.489 e. The quantitative estimate of drug-likeness (QED) is 0.256. The molecule has 1 N–H and O–H groups in total. The molecule has 4 rings (SSSR count). The third kappa shape index (κ3) is 5.99. The number of rotatable bonds is 5. The lowest BCUT2D eigenvalue weighted by molar-refractivity contribution is -0.115. The van der Waals surface area contributed by atoms with Crippen LogP contribution in [0.2, 0.25) is 0 Å². The number of ether oxygens (including phenoxy) is 1. The number of aliphatic imine (C=N–C) groups is 1. The van der Waals surface area contributed by atoms with Gasteiger partial charge in [-0.1, -0.05) is 40.2 Å². The van der Waals surface area contributed by atoms with Crippen LogP contribution < -0.4 is 10.1 Å². The summed E-state index contributed by atoms with van der Waals surface area (Å²) in [6, 6.07) is 21.8. The van der Waals surface area contributed by atoms with Crippen molar-refractivity contribution in [3.05, 3.63) is 96.4 Å². The fourth-order valence-electron chi connectivity index (χ4n) is 2.89. The minimum atomic E-state index is -0.141. The Hall–Kier alpha value is -2.10. The van der Waals surface area contributed by atoms with Gasteiger partial charge in [0.2, 0.25) is 0 Å². The Morgan fingerprint density at radius 3 is 2.55 bits per heavy atom. The van der Waals surface area contributed by atoms with E-state index in [0.717, 1.165) is 32.6 Å². The molecule has 0 radical (unpaired) electrons. The average Bonchev–Trinajstić information content (AvgIpc) is 3.09. The Morgan fingerprint density at radius 1 is 1.10 bits per heavy atom. The third-order valence-corrected chi connectivity index (χ3v) is 6.65. The Morgan fingerprint density at radius 2 is 1.84 bits per heavy atom. The van der Waals surface area contributed by atoms with E-state index in [0.29, 0.717) is 16.7 Å². The van der Waals surface area contributed by atoms with E-state index in [1.807, 2.05) is 55.5 Å². The van der Waals surface area contributed by atoms with E-state index in [2.05, 4.69) is 73.1 Å². The van der Waals surface area contributed by atoms with Crippen molar-refractivity contribution in [2.24, 2.45) is 4.99 Å². The van der Waals surface area contributed by atoms with Crippen LogP contribution in [0.25, 0.3) is 6.08 Å². The Kier molecular flexibility index (Phi) is 7.14. The van der Waals surface area contributed by atoms with Gasteiger partial charge in [-0.25, -0.2) is 4.99 Å². The van der Waals surface area contributed by atoms with Crippen molar-refractivity contribution < 1.29 is 9.53 Å². The summed E-state index contributed by atoms with van der Waals surface area (Å²) in [6.45, 7) is 2.51. The van der Waals surface area contributed by atoms with E-state index in [-0.39, 0.29) is 5.91 Å². The highest BCUT2D eigenvalue weighted by Crippen LogP contribution is 2.30. The van der Waals surface area contributed by atoms with E-state index in [9.17, 15) is 4.79 Å². The second kappa shape index (κ2) is 10.0. The van der Waals surface area contributed by atoms with Crippen molar-refractivity contribution in [3.8, 4) is 5.75 Å². The van der Waals surface area contributed by atoms with Crippen molar-refractivity contribution in [2.75, 3.05) is 0 Å². The number of aryl methyl sites for hydroxylation is 1. The highest BCUT2D eigenvalue weighted by Gasteiger charge is 2.24.